The second-order valence-corrected chi connectivity index (χ2v) is 4.21. The summed E-state index contributed by atoms with van der Waals surface area (Å²) < 4.78 is 0. The predicted octanol–water partition coefficient (Wildman–Crippen LogP) is 2.48. The highest BCUT2D eigenvalue weighted by Gasteiger charge is 1.96. The van der Waals surface area contributed by atoms with Gasteiger partial charge in [0.2, 0.25) is 0 Å². The quantitative estimate of drug-likeness (QED) is 0.891. The van der Waals surface area contributed by atoms with Crippen molar-refractivity contribution in [2.45, 2.75) is 13.1 Å². The van der Waals surface area contributed by atoms with Crippen molar-refractivity contribution in [3.05, 3.63) is 45.6 Å². The molecule has 0 amide bonds. The van der Waals surface area contributed by atoms with Crippen molar-refractivity contribution in [3.63, 3.8) is 0 Å². The number of hydrogen-bond acceptors (Lipinski definition) is 4. The molecule has 0 saturated carbocycles. The first kappa shape index (κ1) is 10.5. The zero-order chi connectivity index (χ0) is 10.5. The first-order valence-corrected chi connectivity index (χ1v) is 5.85. The van der Waals surface area contributed by atoms with E-state index in [2.05, 4.69) is 15.3 Å². The van der Waals surface area contributed by atoms with Crippen molar-refractivity contribution in [1.82, 2.24) is 15.3 Å². The first-order chi connectivity index (χ1) is 7.34. The number of rotatable bonds is 4. The van der Waals surface area contributed by atoms with Crippen LogP contribution < -0.4 is 5.32 Å². The van der Waals surface area contributed by atoms with Crippen molar-refractivity contribution in [2.75, 3.05) is 0 Å². The third-order valence-corrected chi connectivity index (χ3v) is 2.74. The summed E-state index contributed by atoms with van der Waals surface area (Å²) in [5.74, 6) is 0. The predicted molar refractivity (Wildman–Crippen MR) is 61.9 cm³/mol. The largest absolute Gasteiger partial charge is 0.305 e. The molecule has 0 aliphatic carbocycles. The van der Waals surface area contributed by atoms with E-state index < -0.39 is 0 Å². The molecular weight excluding hydrogens is 230 g/mol. The second kappa shape index (κ2) is 5.21. The minimum absolute atomic E-state index is 0.665. The van der Waals surface area contributed by atoms with Crippen LogP contribution in [0, 0.1) is 0 Å². The van der Waals surface area contributed by atoms with Crippen molar-refractivity contribution in [3.8, 4) is 0 Å². The molecule has 2 aromatic heterocycles. The van der Waals surface area contributed by atoms with Gasteiger partial charge in [-0.15, -0.1) is 11.3 Å². The number of nitrogens with one attached hydrogen (secondary N) is 1. The lowest BCUT2D eigenvalue weighted by atomic mass is 10.3. The summed E-state index contributed by atoms with van der Waals surface area (Å²) in [6, 6.07) is 3.75. The van der Waals surface area contributed by atoms with E-state index >= 15 is 0 Å². The molecule has 0 aliphatic heterocycles. The van der Waals surface area contributed by atoms with Crippen LogP contribution in [0.1, 0.15) is 11.4 Å². The molecule has 0 aliphatic rings. The lowest BCUT2D eigenvalue weighted by molar-refractivity contribution is 0.670. The fourth-order valence-corrected chi connectivity index (χ4v) is 1.82. The molecule has 0 atom stereocenters. The topological polar surface area (TPSA) is 37.8 Å². The van der Waals surface area contributed by atoms with E-state index in [9.17, 15) is 0 Å². The zero-order valence-corrected chi connectivity index (χ0v) is 9.55. The van der Waals surface area contributed by atoms with E-state index in [1.807, 2.05) is 23.0 Å². The average Bonchev–Trinajstić information content (AvgIpc) is 2.74. The molecule has 15 heavy (non-hydrogen) atoms. The van der Waals surface area contributed by atoms with Gasteiger partial charge in [0.15, 0.2) is 0 Å². The molecule has 0 spiro atoms. The SMILES string of the molecule is Clc1ccc(CNCc2cscn2)nc1. The Morgan fingerprint density at radius 1 is 1.20 bits per heavy atom. The highest BCUT2D eigenvalue weighted by atomic mass is 35.5. The molecule has 3 nitrogen and oxygen atoms in total. The Bertz CT molecular complexity index is 399. The Labute approximate surface area is 97.2 Å². The number of aromatic nitrogens is 2. The van der Waals surface area contributed by atoms with Gasteiger partial charge < -0.3 is 5.32 Å². The Balaban J connectivity index is 1.81. The van der Waals surface area contributed by atoms with Gasteiger partial charge in [0.1, 0.15) is 0 Å². The number of pyridine rings is 1. The van der Waals surface area contributed by atoms with Crippen molar-refractivity contribution in [1.29, 1.82) is 0 Å². The minimum Gasteiger partial charge on any atom is -0.305 e. The highest BCUT2D eigenvalue weighted by molar-refractivity contribution is 7.07. The van der Waals surface area contributed by atoms with Gasteiger partial charge in [-0.25, -0.2) is 4.98 Å². The van der Waals surface area contributed by atoms with Gasteiger partial charge in [0, 0.05) is 24.7 Å². The van der Waals surface area contributed by atoms with Crippen molar-refractivity contribution >= 4 is 22.9 Å². The monoisotopic (exact) mass is 239 g/mol. The summed E-state index contributed by atoms with van der Waals surface area (Å²) in [5, 5.41) is 5.96. The fourth-order valence-electron chi connectivity index (χ4n) is 1.15. The van der Waals surface area contributed by atoms with Gasteiger partial charge in [0.25, 0.3) is 0 Å². The molecule has 0 fully saturated rings. The number of thiazole rings is 1. The van der Waals surface area contributed by atoms with Crippen LogP contribution in [-0.4, -0.2) is 9.97 Å². The van der Waals surface area contributed by atoms with Crippen LogP contribution in [0.3, 0.4) is 0 Å². The van der Waals surface area contributed by atoms with Crippen LogP contribution >= 0.6 is 22.9 Å². The summed E-state index contributed by atoms with van der Waals surface area (Å²) in [5.41, 5.74) is 3.88. The van der Waals surface area contributed by atoms with Crippen LogP contribution in [0.25, 0.3) is 0 Å². The number of halogens is 1. The third-order valence-electron chi connectivity index (χ3n) is 1.88. The molecule has 0 bridgehead atoms. The molecule has 2 aromatic rings. The molecular formula is C10H10ClN3S. The summed E-state index contributed by atoms with van der Waals surface area (Å²) in [6.07, 6.45) is 1.65. The van der Waals surface area contributed by atoms with Crippen LogP contribution in [0.5, 0.6) is 0 Å². The normalized spacial score (nSPS) is 10.5. The molecule has 2 rings (SSSR count). The molecule has 5 heteroatoms. The van der Waals surface area contributed by atoms with Gasteiger partial charge in [-0.1, -0.05) is 11.6 Å². The summed E-state index contributed by atoms with van der Waals surface area (Å²) in [6.45, 7) is 1.50. The van der Waals surface area contributed by atoms with Crippen LogP contribution in [0.2, 0.25) is 5.02 Å². The van der Waals surface area contributed by atoms with E-state index in [0.717, 1.165) is 24.5 Å². The first-order valence-electron chi connectivity index (χ1n) is 4.53. The second-order valence-electron chi connectivity index (χ2n) is 3.05. The average molecular weight is 240 g/mol. The molecule has 0 unspecified atom stereocenters. The van der Waals surface area contributed by atoms with Gasteiger partial charge in [0.05, 0.1) is 21.9 Å². The summed E-state index contributed by atoms with van der Waals surface area (Å²) in [7, 11) is 0. The van der Waals surface area contributed by atoms with Gasteiger partial charge in [-0.05, 0) is 12.1 Å². The van der Waals surface area contributed by atoms with E-state index in [-0.39, 0.29) is 0 Å². The molecule has 78 valence electrons. The number of hydrogen-bond donors (Lipinski definition) is 1. The molecule has 1 N–H and O–H groups in total. The van der Waals surface area contributed by atoms with Crippen LogP contribution in [0.4, 0.5) is 0 Å². The zero-order valence-electron chi connectivity index (χ0n) is 7.98. The third kappa shape index (κ3) is 3.27. The maximum Gasteiger partial charge on any atom is 0.0795 e. The minimum atomic E-state index is 0.665. The van der Waals surface area contributed by atoms with E-state index in [0.29, 0.717) is 5.02 Å². The molecule has 0 aromatic carbocycles. The van der Waals surface area contributed by atoms with Gasteiger partial charge in [-0.2, -0.15) is 0 Å². The number of nitrogens with zero attached hydrogens (tertiary/aromatic N) is 2. The van der Waals surface area contributed by atoms with Crippen LogP contribution in [-0.2, 0) is 13.1 Å². The van der Waals surface area contributed by atoms with Crippen molar-refractivity contribution < 1.29 is 0 Å². The van der Waals surface area contributed by atoms with Gasteiger partial charge in [-0.3, -0.25) is 4.98 Å². The van der Waals surface area contributed by atoms with E-state index in [1.165, 1.54) is 0 Å². The fraction of sp³-hybridized carbons (Fsp3) is 0.200. The maximum absolute atomic E-state index is 5.74. The smallest absolute Gasteiger partial charge is 0.0795 e. The van der Waals surface area contributed by atoms with E-state index in [4.69, 9.17) is 11.6 Å². The molecule has 0 saturated heterocycles. The van der Waals surface area contributed by atoms with Crippen LogP contribution in [0.15, 0.2) is 29.2 Å². The Morgan fingerprint density at radius 2 is 2.07 bits per heavy atom. The van der Waals surface area contributed by atoms with Gasteiger partial charge >= 0.3 is 0 Å². The van der Waals surface area contributed by atoms with E-state index in [1.54, 1.807) is 17.5 Å². The Hall–Kier alpha value is -0.970. The Kier molecular flexibility index (Phi) is 3.66. The summed E-state index contributed by atoms with van der Waals surface area (Å²) in [4.78, 5) is 8.36. The Morgan fingerprint density at radius 3 is 2.73 bits per heavy atom. The standard InChI is InChI=1S/C10H10ClN3S/c11-8-1-2-9(13-3-8)4-12-5-10-6-15-7-14-10/h1-3,6-7,12H,4-5H2. The van der Waals surface area contributed by atoms with Crippen molar-refractivity contribution in [2.24, 2.45) is 0 Å². The maximum atomic E-state index is 5.74. The summed E-state index contributed by atoms with van der Waals surface area (Å²) >= 11 is 7.34. The highest BCUT2D eigenvalue weighted by Crippen LogP contribution is 2.06. The lowest BCUT2D eigenvalue weighted by Crippen LogP contribution is -2.13. The molecule has 2 heterocycles. The lowest BCUT2D eigenvalue weighted by Gasteiger charge is -2.01. The molecule has 0 radical (unpaired) electrons.